The number of hydrogen-bond acceptors (Lipinski definition) is 4. The molecule has 164 valence electrons. The van der Waals surface area contributed by atoms with Crippen molar-refractivity contribution in [2.75, 3.05) is 37.6 Å². The molecule has 1 saturated carbocycles. The SMILES string of the molecule is N#CCCC(C(N)=O)C1CCC(CCN2CCN(c3ccc(F)cc3F)CC2)CC1. The van der Waals surface area contributed by atoms with Crippen LogP contribution in [0.1, 0.15) is 44.9 Å². The topological polar surface area (TPSA) is 73.4 Å². The Labute approximate surface area is 177 Å². The normalized spacial score (nSPS) is 23.7. The summed E-state index contributed by atoms with van der Waals surface area (Å²) in [6, 6.07) is 5.90. The highest BCUT2D eigenvalue weighted by atomic mass is 19.1. The Morgan fingerprint density at radius 1 is 1.17 bits per heavy atom. The summed E-state index contributed by atoms with van der Waals surface area (Å²) < 4.78 is 27.1. The molecule has 0 spiro atoms. The molecule has 1 aromatic carbocycles. The van der Waals surface area contributed by atoms with Crippen molar-refractivity contribution in [1.82, 2.24) is 4.90 Å². The van der Waals surface area contributed by atoms with Gasteiger partial charge in [0.05, 0.1) is 11.8 Å². The van der Waals surface area contributed by atoms with Crippen LogP contribution < -0.4 is 10.6 Å². The molecule has 0 radical (unpaired) electrons. The predicted molar refractivity (Wildman–Crippen MR) is 113 cm³/mol. The van der Waals surface area contributed by atoms with Crippen LogP contribution in [0.15, 0.2) is 18.2 Å². The van der Waals surface area contributed by atoms with Crippen LogP contribution in [-0.2, 0) is 4.79 Å². The number of benzene rings is 1. The van der Waals surface area contributed by atoms with E-state index in [9.17, 15) is 13.6 Å². The number of amides is 1. The number of anilines is 1. The quantitative estimate of drug-likeness (QED) is 0.699. The third-order valence-electron chi connectivity index (χ3n) is 6.87. The summed E-state index contributed by atoms with van der Waals surface area (Å²) in [6.45, 7) is 4.28. The number of nitrogens with zero attached hydrogens (tertiary/aromatic N) is 3. The van der Waals surface area contributed by atoms with E-state index in [-0.39, 0.29) is 11.8 Å². The average molecular weight is 419 g/mol. The van der Waals surface area contributed by atoms with E-state index >= 15 is 0 Å². The van der Waals surface area contributed by atoms with Crippen LogP contribution in [0.3, 0.4) is 0 Å². The van der Waals surface area contributed by atoms with Gasteiger partial charge in [-0.2, -0.15) is 5.26 Å². The smallest absolute Gasteiger partial charge is 0.220 e. The van der Waals surface area contributed by atoms with Crippen LogP contribution in [-0.4, -0.2) is 43.5 Å². The van der Waals surface area contributed by atoms with E-state index in [1.807, 2.05) is 4.90 Å². The van der Waals surface area contributed by atoms with Gasteiger partial charge >= 0.3 is 0 Å². The molecular formula is C23H32F2N4O. The average Bonchev–Trinajstić information content (AvgIpc) is 2.74. The summed E-state index contributed by atoms with van der Waals surface area (Å²) >= 11 is 0. The number of hydrogen-bond donors (Lipinski definition) is 1. The largest absolute Gasteiger partial charge is 0.369 e. The highest BCUT2D eigenvalue weighted by molar-refractivity contribution is 5.77. The number of nitrogens with two attached hydrogens (primary N) is 1. The Morgan fingerprint density at radius 3 is 2.47 bits per heavy atom. The van der Waals surface area contributed by atoms with Gasteiger partial charge in [-0.1, -0.05) is 12.8 Å². The zero-order chi connectivity index (χ0) is 21.5. The molecule has 1 aliphatic carbocycles. The summed E-state index contributed by atoms with van der Waals surface area (Å²) in [4.78, 5) is 16.2. The van der Waals surface area contributed by atoms with Crippen LogP contribution >= 0.6 is 0 Å². The van der Waals surface area contributed by atoms with Crippen molar-refractivity contribution in [1.29, 1.82) is 5.26 Å². The van der Waals surface area contributed by atoms with Gasteiger partial charge in [0.2, 0.25) is 5.91 Å². The van der Waals surface area contributed by atoms with E-state index in [1.165, 1.54) is 12.1 Å². The summed E-state index contributed by atoms with van der Waals surface area (Å²) in [5, 5.41) is 8.79. The van der Waals surface area contributed by atoms with Crippen molar-refractivity contribution >= 4 is 11.6 Å². The Hall–Kier alpha value is -2.20. The van der Waals surface area contributed by atoms with E-state index in [1.54, 1.807) is 0 Å². The van der Waals surface area contributed by atoms with Gasteiger partial charge < -0.3 is 10.6 Å². The molecule has 2 fully saturated rings. The molecule has 3 rings (SSSR count). The number of primary amides is 1. The Kier molecular flexibility index (Phi) is 8.03. The van der Waals surface area contributed by atoms with Crippen molar-refractivity contribution in [3.05, 3.63) is 29.8 Å². The highest BCUT2D eigenvalue weighted by Crippen LogP contribution is 2.36. The third kappa shape index (κ3) is 5.91. The second-order valence-electron chi connectivity index (χ2n) is 8.70. The van der Waals surface area contributed by atoms with Gasteiger partial charge in [0, 0.05) is 44.6 Å². The standard InChI is InChI=1S/C23H32F2N4O/c24-19-7-8-22(21(25)16-19)29-14-12-28(13-15-29)11-9-17-3-5-18(6-4-17)20(23(27)30)2-1-10-26/h7-8,16-18,20H,1-6,9,11-15H2,(H2,27,30). The van der Waals surface area contributed by atoms with E-state index in [2.05, 4.69) is 11.0 Å². The lowest BCUT2D eigenvalue weighted by atomic mass is 9.73. The molecule has 30 heavy (non-hydrogen) atoms. The Morgan fingerprint density at radius 2 is 1.87 bits per heavy atom. The fraction of sp³-hybridized carbons (Fsp3) is 0.652. The first-order valence-corrected chi connectivity index (χ1v) is 11.1. The van der Waals surface area contributed by atoms with Crippen LogP contribution in [0.25, 0.3) is 0 Å². The monoisotopic (exact) mass is 418 g/mol. The highest BCUT2D eigenvalue weighted by Gasteiger charge is 2.31. The summed E-state index contributed by atoms with van der Waals surface area (Å²) in [6.07, 6.45) is 6.37. The molecule has 1 heterocycles. The summed E-state index contributed by atoms with van der Waals surface area (Å²) in [7, 11) is 0. The number of carbonyl (C=O) groups is 1. The molecule has 0 aromatic heterocycles. The van der Waals surface area contributed by atoms with Crippen molar-refractivity contribution in [2.24, 2.45) is 23.5 Å². The number of halogens is 2. The van der Waals surface area contributed by atoms with Gasteiger partial charge in [-0.05, 0) is 56.2 Å². The second kappa shape index (κ2) is 10.7. The molecular weight excluding hydrogens is 386 g/mol. The molecule has 0 bridgehead atoms. The van der Waals surface area contributed by atoms with Crippen molar-refractivity contribution in [2.45, 2.75) is 44.9 Å². The zero-order valence-corrected chi connectivity index (χ0v) is 17.5. The number of rotatable bonds is 8. The van der Waals surface area contributed by atoms with E-state index in [0.717, 1.165) is 70.9 Å². The molecule has 7 heteroatoms. The first kappa shape index (κ1) is 22.5. The zero-order valence-electron chi connectivity index (χ0n) is 17.5. The van der Waals surface area contributed by atoms with Crippen LogP contribution in [0.2, 0.25) is 0 Å². The van der Waals surface area contributed by atoms with Gasteiger partial charge in [-0.3, -0.25) is 9.69 Å². The Balaban J connectivity index is 1.38. The molecule has 2 N–H and O–H groups in total. The number of piperazine rings is 1. The van der Waals surface area contributed by atoms with Crippen LogP contribution in [0.4, 0.5) is 14.5 Å². The molecule has 2 aliphatic rings. The molecule has 1 amide bonds. The van der Waals surface area contributed by atoms with Gasteiger partial charge in [0.1, 0.15) is 11.6 Å². The lowest BCUT2D eigenvalue weighted by molar-refractivity contribution is -0.124. The van der Waals surface area contributed by atoms with Crippen LogP contribution in [0.5, 0.6) is 0 Å². The van der Waals surface area contributed by atoms with E-state index in [4.69, 9.17) is 11.0 Å². The van der Waals surface area contributed by atoms with Crippen molar-refractivity contribution < 1.29 is 13.6 Å². The lowest BCUT2D eigenvalue weighted by Gasteiger charge is -2.37. The summed E-state index contributed by atoms with van der Waals surface area (Å²) in [5.74, 6) is -0.477. The van der Waals surface area contributed by atoms with Gasteiger partial charge in [0.15, 0.2) is 0 Å². The molecule has 1 saturated heterocycles. The minimum Gasteiger partial charge on any atom is -0.369 e. The summed E-state index contributed by atoms with van der Waals surface area (Å²) in [5.41, 5.74) is 6.05. The maximum Gasteiger partial charge on any atom is 0.220 e. The predicted octanol–water partition coefficient (Wildman–Crippen LogP) is 3.69. The van der Waals surface area contributed by atoms with Gasteiger partial charge in [0.25, 0.3) is 0 Å². The number of nitriles is 1. The maximum atomic E-state index is 14.0. The second-order valence-corrected chi connectivity index (χ2v) is 8.70. The maximum absolute atomic E-state index is 14.0. The third-order valence-corrected chi connectivity index (χ3v) is 6.87. The molecule has 1 aromatic rings. The van der Waals surface area contributed by atoms with E-state index in [0.29, 0.717) is 30.4 Å². The first-order valence-electron chi connectivity index (χ1n) is 11.1. The van der Waals surface area contributed by atoms with Crippen molar-refractivity contribution in [3.8, 4) is 6.07 Å². The molecule has 1 unspecified atom stereocenters. The first-order chi connectivity index (χ1) is 14.5. The van der Waals surface area contributed by atoms with Crippen LogP contribution in [0, 0.1) is 40.7 Å². The fourth-order valence-corrected chi connectivity index (χ4v) is 5.02. The Bertz CT molecular complexity index is 750. The van der Waals surface area contributed by atoms with Crippen molar-refractivity contribution in [3.63, 3.8) is 0 Å². The minimum absolute atomic E-state index is 0.162. The number of carbonyl (C=O) groups excluding carboxylic acids is 1. The minimum atomic E-state index is -0.545. The lowest BCUT2D eigenvalue weighted by Crippen LogP contribution is -2.47. The van der Waals surface area contributed by atoms with Gasteiger partial charge in [-0.15, -0.1) is 0 Å². The van der Waals surface area contributed by atoms with E-state index < -0.39 is 11.6 Å². The van der Waals surface area contributed by atoms with Gasteiger partial charge in [-0.25, -0.2) is 8.78 Å². The molecule has 1 aliphatic heterocycles. The molecule has 1 atom stereocenters. The molecule has 5 nitrogen and oxygen atoms in total. The fourth-order valence-electron chi connectivity index (χ4n) is 5.02.